The molecule has 2 aromatic rings. The summed E-state index contributed by atoms with van der Waals surface area (Å²) in [4.78, 5) is 12.2. The van der Waals surface area contributed by atoms with Crippen molar-refractivity contribution in [2.24, 2.45) is 0 Å². The summed E-state index contributed by atoms with van der Waals surface area (Å²) in [5, 5.41) is 0. The molecule has 0 bridgehead atoms. The molecule has 0 saturated heterocycles. The first-order chi connectivity index (χ1) is 9.56. The van der Waals surface area contributed by atoms with Gasteiger partial charge in [-0.05, 0) is 52.4 Å². The first-order valence-electron chi connectivity index (χ1n) is 5.88. The number of ketones is 1. The summed E-state index contributed by atoms with van der Waals surface area (Å²) >= 11 is 2.17. The van der Waals surface area contributed by atoms with Crippen molar-refractivity contribution in [3.8, 4) is 5.75 Å². The molecule has 2 nitrogen and oxygen atoms in total. The highest BCUT2D eigenvalue weighted by atomic mass is 127. The van der Waals surface area contributed by atoms with E-state index in [-0.39, 0.29) is 23.5 Å². The zero-order chi connectivity index (χ0) is 14.5. The van der Waals surface area contributed by atoms with Crippen LogP contribution in [-0.2, 0) is 6.42 Å². The molecule has 0 aliphatic carbocycles. The molecule has 5 heteroatoms. The maximum Gasteiger partial charge on any atom is 0.387 e. The molecule has 0 aliphatic rings. The number of halogens is 3. The van der Waals surface area contributed by atoms with Crippen LogP contribution in [0.1, 0.15) is 15.9 Å². The quantitative estimate of drug-likeness (QED) is 0.564. The van der Waals surface area contributed by atoms with E-state index < -0.39 is 6.61 Å². The lowest BCUT2D eigenvalue weighted by atomic mass is 10.0. The number of Topliss-reactive ketones (excluding diaryl/α,β-unsaturated/α-hetero) is 1. The third-order valence-electron chi connectivity index (χ3n) is 2.68. The summed E-state index contributed by atoms with van der Waals surface area (Å²) in [6, 6.07) is 13.5. The standard InChI is InChI=1S/C15H11F2IO2/c16-15(17)20-14-4-2-1-3-12(14)13(19)9-10-5-7-11(18)8-6-10/h1-8,15H,9H2. The highest BCUT2D eigenvalue weighted by Gasteiger charge is 2.15. The highest BCUT2D eigenvalue weighted by Crippen LogP contribution is 2.22. The molecule has 0 aromatic heterocycles. The van der Waals surface area contributed by atoms with E-state index in [9.17, 15) is 13.6 Å². The summed E-state index contributed by atoms with van der Waals surface area (Å²) < 4.78 is 30.0. The van der Waals surface area contributed by atoms with Crippen LogP contribution < -0.4 is 4.74 Å². The van der Waals surface area contributed by atoms with Gasteiger partial charge in [0.25, 0.3) is 0 Å². The van der Waals surface area contributed by atoms with Crippen LogP contribution in [0.2, 0.25) is 0 Å². The van der Waals surface area contributed by atoms with E-state index >= 15 is 0 Å². The zero-order valence-electron chi connectivity index (χ0n) is 10.4. The van der Waals surface area contributed by atoms with Crippen molar-refractivity contribution in [1.82, 2.24) is 0 Å². The summed E-state index contributed by atoms with van der Waals surface area (Å²) in [7, 11) is 0. The number of para-hydroxylation sites is 1. The normalized spacial score (nSPS) is 10.6. The lowest BCUT2D eigenvalue weighted by Gasteiger charge is -2.09. The van der Waals surface area contributed by atoms with Crippen LogP contribution in [0.4, 0.5) is 8.78 Å². The topological polar surface area (TPSA) is 26.3 Å². The third kappa shape index (κ3) is 4.00. The summed E-state index contributed by atoms with van der Waals surface area (Å²) in [6.07, 6.45) is 0.153. The van der Waals surface area contributed by atoms with Crippen LogP contribution in [0.15, 0.2) is 48.5 Å². The van der Waals surface area contributed by atoms with Gasteiger partial charge in [0, 0.05) is 9.99 Å². The Morgan fingerprint density at radius 3 is 2.40 bits per heavy atom. The molecule has 0 radical (unpaired) electrons. The van der Waals surface area contributed by atoms with Gasteiger partial charge in [-0.2, -0.15) is 8.78 Å². The van der Waals surface area contributed by atoms with Crippen molar-refractivity contribution < 1.29 is 18.3 Å². The number of hydrogen-bond acceptors (Lipinski definition) is 2. The minimum atomic E-state index is -2.94. The van der Waals surface area contributed by atoms with Gasteiger partial charge < -0.3 is 4.74 Å². The van der Waals surface area contributed by atoms with E-state index in [1.165, 1.54) is 12.1 Å². The Labute approximate surface area is 128 Å². The Bertz CT molecular complexity index is 597. The predicted molar refractivity (Wildman–Crippen MR) is 80.3 cm³/mol. The first kappa shape index (κ1) is 14.9. The van der Waals surface area contributed by atoms with Crippen LogP contribution in [0.5, 0.6) is 5.75 Å². The fourth-order valence-corrected chi connectivity index (χ4v) is 2.14. The third-order valence-corrected chi connectivity index (χ3v) is 3.40. The number of benzene rings is 2. The van der Waals surface area contributed by atoms with Crippen molar-refractivity contribution in [2.45, 2.75) is 13.0 Å². The van der Waals surface area contributed by atoms with Crippen LogP contribution >= 0.6 is 22.6 Å². The minimum Gasteiger partial charge on any atom is -0.434 e. The summed E-state index contributed by atoms with van der Waals surface area (Å²) in [5.74, 6) is -0.333. The smallest absolute Gasteiger partial charge is 0.387 e. The van der Waals surface area contributed by atoms with Crippen LogP contribution in [0, 0.1) is 3.57 Å². The SMILES string of the molecule is O=C(Cc1ccc(I)cc1)c1ccccc1OC(F)F. The lowest BCUT2D eigenvalue weighted by molar-refractivity contribution is -0.0501. The number of carbonyl (C=O) groups excluding carboxylic acids is 1. The fraction of sp³-hybridized carbons (Fsp3) is 0.133. The Kier molecular flexibility index (Phi) is 5.05. The molecular weight excluding hydrogens is 377 g/mol. The lowest BCUT2D eigenvalue weighted by Crippen LogP contribution is -2.09. The second-order valence-corrected chi connectivity index (χ2v) is 5.35. The predicted octanol–water partition coefficient (Wildman–Crippen LogP) is 4.32. The Balaban J connectivity index is 2.18. The van der Waals surface area contributed by atoms with E-state index in [1.807, 2.05) is 24.3 Å². The molecule has 0 aliphatic heterocycles. The van der Waals surface area contributed by atoms with Crippen molar-refractivity contribution >= 4 is 28.4 Å². The van der Waals surface area contributed by atoms with E-state index in [1.54, 1.807) is 12.1 Å². The average Bonchev–Trinajstić information content (AvgIpc) is 2.41. The van der Waals surface area contributed by atoms with Gasteiger partial charge >= 0.3 is 6.61 Å². The van der Waals surface area contributed by atoms with E-state index in [4.69, 9.17) is 0 Å². The molecule has 0 N–H and O–H groups in total. The van der Waals surface area contributed by atoms with Gasteiger partial charge in [-0.25, -0.2) is 0 Å². The van der Waals surface area contributed by atoms with Crippen molar-refractivity contribution in [2.75, 3.05) is 0 Å². The Morgan fingerprint density at radius 2 is 1.75 bits per heavy atom. The number of hydrogen-bond donors (Lipinski definition) is 0. The second kappa shape index (κ2) is 6.78. The molecular formula is C15H11F2IO2. The summed E-state index contributed by atoms with van der Waals surface area (Å²) in [6.45, 7) is -2.94. The van der Waals surface area contributed by atoms with E-state index in [0.29, 0.717) is 0 Å². The number of rotatable bonds is 5. The molecule has 2 aromatic carbocycles. The van der Waals surface area contributed by atoms with Crippen molar-refractivity contribution in [1.29, 1.82) is 0 Å². The minimum absolute atomic E-state index is 0.0852. The molecule has 0 amide bonds. The molecule has 2 rings (SSSR count). The molecule has 0 saturated carbocycles. The molecule has 0 unspecified atom stereocenters. The molecule has 0 spiro atoms. The van der Waals surface area contributed by atoms with Crippen molar-refractivity contribution in [3.05, 3.63) is 63.2 Å². The van der Waals surface area contributed by atoms with Crippen molar-refractivity contribution in [3.63, 3.8) is 0 Å². The number of carbonyl (C=O) groups is 1. The van der Waals surface area contributed by atoms with Gasteiger partial charge in [-0.3, -0.25) is 4.79 Å². The van der Waals surface area contributed by atoms with Gasteiger partial charge in [0.15, 0.2) is 5.78 Å². The number of alkyl halides is 2. The van der Waals surface area contributed by atoms with Gasteiger partial charge in [-0.1, -0.05) is 24.3 Å². The van der Waals surface area contributed by atoms with Gasteiger partial charge in [-0.15, -0.1) is 0 Å². The number of ether oxygens (including phenoxy) is 1. The zero-order valence-corrected chi connectivity index (χ0v) is 12.5. The highest BCUT2D eigenvalue weighted by molar-refractivity contribution is 14.1. The fourth-order valence-electron chi connectivity index (χ4n) is 1.78. The molecule has 20 heavy (non-hydrogen) atoms. The summed E-state index contributed by atoms with van der Waals surface area (Å²) in [5.41, 5.74) is 1.01. The molecule has 0 fully saturated rings. The molecule has 0 atom stereocenters. The largest absolute Gasteiger partial charge is 0.434 e. The molecule has 104 valence electrons. The van der Waals surface area contributed by atoms with Gasteiger partial charge in [0.05, 0.1) is 5.56 Å². The average molecular weight is 388 g/mol. The van der Waals surface area contributed by atoms with Crippen LogP contribution in [0.3, 0.4) is 0 Å². The Hall–Kier alpha value is -1.50. The van der Waals surface area contributed by atoms with Gasteiger partial charge in [0.2, 0.25) is 0 Å². The van der Waals surface area contributed by atoms with E-state index in [0.717, 1.165) is 9.13 Å². The van der Waals surface area contributed by atoms with Crippen LogP contribution in [0.25, 0.3) is 0 Å². The first-order valence-corrected chi connectivity index (χ1v) is 6.95. The second-order valence-electron chi connectivity index (χ2n) is 4.10. The molecule has 0 heterocycles. The monoisotopic (exact) mass is 388 g/mol. The maximum atomic E-state index is 12.3. The Morgan fingerprint density at radius 1 is 1.10 bits per heavy atom. The van der Waals surface area contributed by atoms with Gasteiger partial charge in [0.1, 0.15) is 5.75 Å². The maximum absolute atomic E-state index is 12.3. The van der Waals surface area contributed by atoms with E-state index in [2.05, 4.69) is 27.3 Å². The van der Waals surface area contributed by atoms with Crippen LogP contribution in [-0.4, -0.2) is 12.4 Å².